The third-order valence-electron chi connectivity index (χ3n) is 6.87. The molecule has 0 aliphatic carbocycles. The molecule has 0 saturated heterocycles. The van der Waals surface area contributed by atoms with Crippen LogP contribution in [-0.4, -0.2) is 54.1 Å². The molecule has 0 fully saturated rings. The number of aromatic nitrogens is 2. The Morgan fingerprint density at radius 2 is 1.30 bits per heavy atom. The van der Waals surface area contributed by atoms with Gasteiger partial charge in [0.05, 0.1) is 27.0 Å². The summed E-state index contributed by atoms with van der Waals surface area (Å²) in [5, 5.41) is 2.93. The van der Waals surface area contributed by atoms with Gasteiger partial charge in [-0.3, -0.25) is 19.5 Å². The average molecular weight is 577 g/mol. The Bertz CT molecular complexity index is 1670. The normalized spacial score (nSPS) is 10.6. The summed E-state index contributed by atoms with van der Waals surface area (Å²) in [4.78, 5) is 33.4. The number of carbonyl (C=O) groups is 2. The lowest BCUT2D eigenvalue weighted by Crippen LogP contribution is -2.38. The number of hydrogen-bond donors (Lipinski definition) is 1. The molecule has 9 heteroatoms. The fourth-order valence-electron chi connectivity index (χ4n) is 4.57. The number of nitrogens with zero attached hydrogens (tertiary/aromatic N) is 3. The van der Waals surface area contributed by atoms with Gasteiger partial charge in [-0.1, -0.05) is 30.3 Å². The molecule has 1 aromatic heterocycles. The van der Waals surface area contributed by atoms with Gasteiger partial charge >= 0.3 is 0 Å². The molecular weight excluding hydrogens is 544 g/mol. The molecule has 1 N–H and O–H groups in total. The van der Waals surface area contributed by atoms with Crippen LogP contribution in [0, 0.1) is 0 Å². The number of nitrogens with one attached hydrogen (secondary N) is 1. The zero-order valence-electron chi connectivity index (χ0n) is 24.2. The van der Waals surface area contributed by atoms with Crippen LogP contribution in [0.1, 0.15) is 15.9 Å². The van der Waals surface area contributed by atoms with Gasteiger partial charge in [-0.2, -0.15) is 0 Å². The molecule has 218 valence electrons. The highest BCUT2D eigenvalue weighted by Crippen LogP contribution is 2.27. The molecule has 0 spiro atoms. The first kappa shape index (κ1) is 28.9. The van der Waals surface area contributed by atoms with Crippen LogP contribution < -0.4 is 19.5 Å². The lowest BCUT2D eigenvalue weighted by molar-refractivity contribution is -0.117. The number of imidazole rings is 1. The van der Waals surface area contributed by atoms with Gasteiger partial charge in [-0.05, 0) is 78.4 Å². The quantitative estimate of drug-likeness (QED) is 0.212. The molecule has 0 bridgehead atoms. The van der Waals surface area contributed by atoms with Gasteiger partial charge in [-0.25, -0.2) is 4.98 Å². The van der Waals surface area contributed by atoms with E-state index in [1.807, 2.05) is 85.1 Å². The summed E-state index contributed by atoms with van der Waals surface area (Å²) in [6.45, 7) is 0.0657. The Morgan fingerprint density at radius 1 is 0.744 bits per heavy atom. The number of ether oxygens (including phenoxy) is 3. The SMILES string of the molecule is COc1ccc(C(=O)N(CC(=O)Nc2nc(-c3ccc(OC)cc3)cn2-c2ccc(OC)cc2)Cc2ccccc2)cc1. The van der Waals surface area contributed by atoms with E-state index in [0.29, 0.717) is 28.7 Å². The van der Waals surface area contributed by atoms with Crippen LogP contribution in [0.2, 0.25) is 0 Å². The van der Waals surface area contributed by atoms with Crippen molar-refractivity contribution in [2.75, 3.05) is 33.2 Å². The zero-order chi connectivity index (χ0) is 30.2. The average Bonchev–Trinajstić information content (AvgIpc) is 3.48. The summed E-state index contributed by atoms with van der Waals surface area (Å²) in [5.41, 5.74) is 3.64. The van der Waals surface area contributed by atoms with E-state index in [2.05, 4.69) is 5.32 Å². The fourth-order valence-corrected chi connectivity index (χ4v) is 4.57. The minimum Gasteiger partial charge on any atom is -0.497 e. The summed E-state index contributed by atoms with van der Waals surface area (Å²) in [6, 6.07) is 31.3. The maximum absolute atomic E-state index is 13.6. The van der Waals surface area contributed by atoms with E-state index in [-0.39, 0.29) is 24.9 Å². The maximum Gasteiger partial charge on any atom is 0.254 e. The first-order chi connectivity index (χ1) is 21.0. The minimum atomic E-state index is -0.389. The number of amides is 2. The maximum atomic E-state index is 13.6. The van der Waals surface area contributed by atoms with Crippen LogP contribution in [-0.2, 0) is 11.3 Å². The van der Waals surface area contributed by atoms with Crippen LogP contribution >= 0.6 is 0 Å². The van der Waals surface area contributed by atoms with Gasteiger partial charge < -0.3 is 19.1 Å². The first-order valence-electron chi connectivity index (χ1n) is 13.6. The fraction of sp³-hybridized carbons (Fsp3) is 0.147. The van der Waals surface area contributed by atoms with Gasteiger partial charge in [0, 0.05) is 29.6 Å². The number of hydrogen-bond acceptors (Lipinski definition) is 6. The largest absolute Gasteiger partial charge is 0.497 e. The van der Waals surface area contributed by atoms with E-state index in [0.717, 1.165) is 22.6 Å². The van der Waals surface area contributed by atoms with Gasteiger partial charge in [-0.15, -0.1) is 0 Å². The number of benzene rings is 4. The monoisotopic (exact) mass is 576 g/mol. The molecule has 0 unspecified atom stereocenters. The molecule has 0 radical (unpaired) electrons. The molecule has 1 heterocycles. The molecule has 2 amide bonds. The molecular formula is C34H32N4O5. The van der Waals surface area contributed by atoms with Crippen molar-refractivity contribution in [2.45, 2.75) is 6.54 Å². The lowest BCUT2D eigenvalue weighted by atomic mass is 10.1. The third-order valence-corrected chi connectivity index (χ3v) is 6.87. The summed E-state index contributed by atoms with van der Waals surface area (Å²) >= 11 is 0. The highest BCUT2D eigenvalue weighted by molar-refractivity contribution is 5.99. The van der Waals surface area contributed by atoms with Gasteiger partial charge in [0.25, 0.3) is 5.91 Å². The van der Waals surface area contributed by atoms with Crippen molar-refractivity contribution in [2.24, 2.45) is 0 Å². The van der Waals surface area contributed by atoms with Crippen molar-refractivity contribution < 1.29 is 23.8 Å². The van der Waals surface area contributed by atoms with E-state index >= 15 is 0 Å². The zero-order valence-corrected chi connectivity index (χ0v) is 24.2. The predicted octanol–water partition coefficient (Wildman–Crippen LogP) is 5.85. The predicted molar refractivity (Wildman–Crippen MR) is 165 cm³/mol. The molecule has 0 saturated carbocycles. The highest BCUT2D eigenvalue weighted by Gasteiger charge is 2.22. The van der Waals surface area contributed by atoms with Crippen LogP contribution in [0.15, 0.2) is 109 Å². The van der Waals surface area contributed by atoms with Crippen LogP contribution in [0.25, 0.3) is 16.9 Å². The standard InChI is InChI=1S/C34H32N4O5/c1-41-28-15-9-25(10-16-28)31-22-38(27-13-19-30(43-3)20-14-27)34(35-31)36-32(39)23-37(21-24-7-5-4-6-8-24)33(40)26-11-17-29(42-2)18-12-26/h4-20,22H,21,23H2,1-3H3,(H,35,36,39). The number of methoxy groups -OCH3 is 3. The number of anilines is 1. The van der Waals surface area contributed by atoms with Crippen molar-refractivity contribution in [1.82, 2.24) is 14.5 Å². The number of carbonyl (C=O) groups excluding carboxylic acids is 2. The third kappa shape index (κ3) is 7.02. The van der Waals surface area contributed by atoms with E-state index < -0.39 is 0 Å². The minimum absolute atomic E-state index is 0.187. The van der Waals surface area contributed by atoms with Gasteiger partial charge in [0.1, 0.15) is 23.8 Å². The molecule has 5 rings (SSSR count). The van der Waals surface area contributed by atoms with E-state index in [9.17, 15) is 9.59 Å². The topological polar surface area (TPSA) is 94.9 Å². The highest BCUT2D eigenvalue weighted by atomic mass is 16.5. The second-order valence-electron chi connectivity index (χ2n) is 9.67. The molecule has 0 atom stereocenters. The van der Waals surface area contributed by atoms with Crippen molar-refractivity contribution in [3.05, 3.63) is 120 Å². The Hall–Kier alpha value is -5.57. The number of rotatable bonds is 11. The van der Waals surface area contributed by atoms with E-state index in [1.54, 1.807) is 50.2 Å². The molecule has 0 aliphatic heterocycles. The lowest BCUT2D eigenvalue weighted by Gasteiger charge is -2.22. The molecule has 4 aromatic carbocycles. The smallest absolute Gasteiger partial charge is 0.254 e. The summed E-state index contributed by atoms with van der Waals surface area (Å²) < 4.78 is 17.6. The van der Waals surface area contributed by atoms with Gasteiger partial charge in [0.2, 0.25) is 11.9 Å². The molecule has 43 heavy (non-hydrogen) atoms. The summed E-state index contributed by atoms with van der Waals surface area (Å²) in [6.07, 6.45) is 1.85. The Kier molecular flexibility index (Phi) is 9.02. The van der Waals surface area contributed by atoms with E-state index in [4.69, 9.17) is 19.2 Å². The molecule has 0 aliphatic rings. The van der Waals surface area contributed by atoms with Gasteiger partial charge in [0.15, 0.2) is 0 Å². The molecule has 9 nitrogen and oxygen atoms in total. The summed E-state index contributed by atoms with van der Waals surface area (Å²) in [7, 11) is 4.79. The van der Waals surface area contributed by atoms with E-state index in [1.165, 1.54) is 4.90 Å². The second-order valence-corrected chi connectivity index (χ2v) is 9.67. The Labute approximate surface area is 250 Å². The van der Waals surface area contributed by atoms with Crippen LogP contribution in [0.5, 0.6) is 17.2 Å². The van der Waals surface area contributed by atoms with Crippen molar-refractivity contribution >= 4 is 17.8 Å². The van der Waals surface area contributed by atoms with Crippen LogP contribution in [0.3, 0.4) is 0 Å². The van der Waals surface area contributed by atoms with Crippen molar-refractivity contribution in [3.63, 3.8) is 0 Å². The Morgan fingerprint density at radius 3 is 1.88 bits per heavy atom. The summed E-state index contributed by atoms with van der Waals surface area (Å²) in [5.74, 6) is 1.73. The first-order valence-corrected chi connectivity index (χ1v) is 13.6. The van der Waals surface area contributed by atoms with Crippen molar-refractivity contribution in [3.8, 4) is 34.2 Å². The second kappa shape index (κ2) is 13.4. The van der Waals surface area contributed by atoms with Crippen LogP contribution in [0.4, 0.5) is 5.95 Å². The van der Waals surface area contributed by atoms with Crippen molar-refractivity contribution in [1.29, 1.82) is 0 Å². The molecule has 5 aromatic rings. The Balaban J connectivity index is 1.43.